The van der Waals surface area contributed by atoms with Crippen molar-refractivity contribution in [2.24, 2.45) is 5.92 Å². The van der Waals surface area contributed by atoms with Gasteiger partial charge in [-0.2, -0.15) is 8.78 Å². The van der Waals surface area contributed by atoms with Crippen molar-refractivity contribution in [3.05, 3.63) is 59.4 Å². The third kappa shape index (κ3) is 3.78. The number of amides is 1. The van der Waals surface area contributed by atoms with Crippen LogP contribution in [0.3, 0.4) is 0 Å². The molecule has 1 aliphatic carbocycles. The number of hydrogen-bond acceptors (Lipinski definition) is 1. The van der Waals surface area contributed by atoms with Crippen LogP contribution >= 0.6 is 0 Å². The molecular formula is C22H19F5N2O. The number of aromatic nitrogens is 1. The first-order chi connectivity index (χ1) is 14.1. The van der Waals surface area contributed by atoms with Crippen molar-refractivity contribution in [3.8, 4) is 11.3 Å². The molecule has 0 bridgehead atoms. The lowest BCUT2D eigenvalue weighted by molar-refractivity contribution is -0.143. The van der Waals surface area contributed by atoms with Crippen molar-refractivity contribution in [1.82, 2.24) is 10.3 Å². The van der Waals surface area contributed by atoms with Crippen molar-refractivity contribution >= 4 is 16.8 Å². The van der Waals surface area contributed by atoms with E-state index in [1.165, 1.54) is 18.2 Å². The summed E-state index contributed by atoms with van der Waals surface area (Å²) in [4.78, 5) is 14.4. The quantitative estimate of drug-likeness (QED) is 0.523. The lowest BCUT2D eigenvalue weighted by atomic mass is 9.70. The van der Waals surface area contributed by atoms with Crippen LogP contribution in [0.15, 0.2) is 36.4 Å². The lowest BCUT2D eigenvalue weighted by Crippen LogP contribution is -2.42. The van der Waals surface area contributed by atoms with Gasteiger partial charge in [-0.1, -0.05) is 0 Å². The number of halogens is 5. The number of alkyl halides is 2. The Morgan fingerprint density at radius 2 is 1.77 bits per heavy atom. The van der Waals surface area contributed by atoms with Gasteiger partial charge in [0.05, 0.1) is 11.2 Å². The maximum atomic E-state index is 14.4. The first kappa shape index (κ1) is 20.4. The predicted molar refractivity (Wildman–Crippen MR) is 103 cm³/mol. The topological polar surface area (TPSA) is 44.9 Å². The number of nitrogens with one attached hydrogen (secondary N) is 2. The Bertz CT molecular complexity index is 1100. The maximum Gasteiger partial charge on any atom is 0.321 e. The van der Waals surface area contributed by atoms with E-state index in [0.29, 0.717) is 42.0 Å². The molecular weight excluding hydrogens is 403 g/mol. The summed E-state index contributed by atoms with van der Waals surface area (Å²) < 4.78 is 67.6. The Balaban J connectivity index is 1.63. The van der Waals surface area contributed by atoms with E-state index in [-0.39, 0.29) is 23.9 Å². The van der Waals surface area contributed by atoms with Crippen molar-refractivity contribution in [1.29, 1.82) is 0 Å². The molecule has 1 saturated carbocycles. The minimum atomic E-state index is -3.44. The van der Waals surface area contributed by atoms with Crippen LogP contribution in [0.25, 0.3) is 22.2 Å². The van der Waals surface area contributed by atoms with Gasteiger partial charge in [-0.25, -0.2) is 13.2 Å². The summed E-state index contributed by atoms with van der Waals surface area (Å²) in [5, 5.41) is 2.64. The number of hydrogen-bond donors (Lipinski definition) is 2. The van der Waals surface area contributed by atoms with Crippen LogP contribution in [0.5, 0.6) is 0 Å². The van der Waals surface area contributed by atoms with Gasteiger partial charge in [0.1, 0.15) is 17.5 Å². The Labute approximate surface area is 169 Å². The highest BCUT2D eigenvalue weighted by atomic mass is 19.3. The fourth-order valence-corrected chi connectivity index (χ4v) is 4.04. The van der Waals surface area contributed by atoms with Gasteiger partial charge in [0.2, 0.25) is 0 Å². The number of H-pyrrole nitrogens is 1. The van der Waals surface area contributed by atoms with E-state index in [9.17, 15) is 26.7 Å². The van der Waals surface area contributed by atoms with Crippen LogP contribution in [-0.2, 0) is 4.79 Å². The average molecular weight is 422 g/mol. The van der Waals surface area contributed by atoms with Gasteiger partial charge in [-0.05, 0) is 66.1 Å². The molecule has 1 amide bonds. The van der Waals surface area contributed by atoms with Gasteiger partial charge in [0, 0.05) is 24.9 Å². The van der Waals surface area contributed by atoms with Gasteiger partial charge in [-0.3, -0.25) is 4.79 Å². The second-order valence-corrected chi connectivity index (χ2v) is 7.86. The molecule has 0 aliphatic heterocycles. The summed E-state index contributed by atoms with van der Waals surface area (Å²) in [6, 6.07) is 7.72. The number of aromatic amines is 1. The highest BCUT2D eigenvalue weighted by Crippen LogP contribution is 2.48. The van der Waals surface area contributed by atoms with E-state index in [2.05, 4.69) is 10.3 Å². The highest BCUT2D eigenvalue weighted by Gasteiger charge is 2.37. The van der Waals surface area contributed by atoms with Crippen LogP contribution in [0.4, 0.5) is 22.0 Å². The first-order valence-electron chi connectivity index (χ1n) is 9.56. The van der Waals surface area contributed by atoms with Gasteiger partial charge in [0.15, 0.2) is 0 Å². The number of benzene rings is 2. The third-order valence-corrected chi connectivity index (χ3v) is 5.59. The first-order valence-corrected chi connectivity index (χ1v) is 9.56. The van der Waals surface area contributed by atoms with Crippen LogP contribution in [0.2, 0.25) is 0 Å². The summed E-state index contributed by atoms with van der Waals surface area (Å²) in [5.74, 6) is -6.72. The van der Waals surface area contributed by atoms with Crippen molar-refractivity contribution in [2.45, 2.75) is 31.6 Å². The molecule has 2 aromatic carbocycles. The molecule has 0 saturated heterocycles. The van der Waals surface area contributed by atoms with Crippen molar-refractivity contribution in [2.75, 3.05) is 6.54 Å². The molecule has 1 aromatic heterocycles. The second kappa shape index (κ2) is 7.41. The Morgan fingerprint density at radius 1 is 1.10 bits per heavy atom. The van der Waals surface area contributed by atoms with E-state index in [1.54, 1.807) is 12.1 Å². The van der Waals surface area contributed by atoms with Crippen LogP contribution in [0.1, 0.15) is 31.2 Å². The fraction of sp³-hybridized carbons (Fsp3) is 0.318. The van der Waals surface area contributed by atoms with Gasteiger partial charge < -0.3 is 10.3 Å². The van der Waals surface area contributed by atoms with E-state index >= 15 is 0 Å². The summed E-state index contributed by atoms with van der Waals surface area (Å²) in [6.07, 6.45) is 1.13. The Morgan fingerprint density at radius 3 is 2.40 bits per heavy atom. The minimum absolute atomic E-state index is 0.0225. The van der Waals surface area contributed by atoms with E-state index < -0.39 is 29.3 Å². The summed E-state index contributed by atoms with van der Waals surface area (Å²) in [7, 11) is 0. The molecule has 0 atom stereocenters. The summed E-state index contributed by atoms with van der Waals surface area (Å²) in [6.45, 7) is 0.644. The van der Waals surface area contributed by atoms with Crippen LogP contribution in [0, 0.1) is 23.4 Å². The number of carbonyl (C=O) groups excluding carboxylic acids is 1. The van der Waals surface area contributed by atoms with E-state index in [4.69, 9.17) is 0 Å². The molecule has 2 N–H and O–H groups in total. The highest BCUT2D eigenvalue weighted by molar-refractivity contribution is 5.92. The van der Waals surface area contributed by atoms with Crippen molar-refractivity contribution < 1.29 is 26.7 Å². The molecule has 3 nitrogen and oxygen atoms in total. The normalized spacial score (nSPS) is 19.0. The fourth-order valence-electron chi connectivity index (χ4n) is 4.04. The van der Waals surface area contributed by atoms with Gasteiger partial charge >= 0.3 is 5.92 Å². The Kier molecular flexibility index (Phi) is 5.03. The van der Waals surface area contributed by atoms with Crippen molar-refractivity contribution in [3.63, 3.8) is 0 Å². The zero-order chi connectivity index (χ0) is 21.6. The predicted octanol–water partition coefficient (Wildman–Crippen LogP) is 5.52. The molecule has 4 rings (SSSR count). The monoisotopic (exact) mass is 422 g/mol. The maximum absolute atomic E-state index is 14.4. The number of fused-ring (bicyclic) bond motifs is 1. The largest absolute Gasteiger partial charge is 0.352 e. The van der Waals surface area contributed by atoms with Crippen LogP contribution < -0.4 is 5.32 Å². The molecule has 0 unspecified atom stereocenters. The molecule has 0 radical (unpaired) electrons. The standard InChI is InChI=1S/C22H19F5N2O/c1-22(26,27)21(30)28-10-11-6-13(7-11)18-16-8-15(24)9-17(25)20(16)29-19(18)12-2-4-14(23)5-3-12/h2-5,8-9,11,13,29H,6-7,10H2,1H3,(H,28,30)/t11-,13+. The molecule has 1 heterocycles. The SMILES string of the molecule is CC(F)(F)C(=O)NC[C@H]1C[C@@H](c2c(-c3ccc(F)cc3)[nH]c3c(F)cc(F)cc32)C1. The number of carbonyl (C=O) groups is 1. The molecule has 3 aromatic rings. The van der Waals surface area contributed by atoms with E-state index in [0.717, 1.165) is 6.07 Å². The molecule has 30 heavy (non-hydrogen) atoms. The van der Waals surface area contributed by atoms with Gasteiger partial charge in [-0.15, -0.1) is 0 Å². The Hall–Kier alpha value is -2.90. The molecule has 1 fully saturated rings. The summed E-state index contributed by atoms with van der Waals surface area (Å²) >= 11 is 0. The smallest absolute Gasteiger partial charge is 0.321 e. The average Bonchev–Trinajstić information content (AvgIpc) is 2.99. The molecule has 8 heteroatoms. The van der Waals surface area contributed by atoms with Gasteiger partial charge in [0.25, 0.3) is 5.91 Å². The molecule has 1 aliphatic rings. The van der Waals surface area contributed by atoms with Crippen LogP contribution in [-0.4, -0.2) is 23.4 Å². The second-order valence-electron chi connectivity index (χ2n) is 7.86. The molecule has 158 valence electrons. The third-order valence-electron chi connectivity index (χ3n) is 5.59. The summed E-state index contributed by atoms with van der Waals surface area (Å²) in [5.41, 5.74) is 2.07. The van der Waals surface area contributed by atoms with E-state index in [1.807, 2.05) is 0 Å². The lowest BCUT2D eigenvalue weighted by Gasteiger charge is -2.36. The zero-order valence-electron chi connectivity index (χ0n) is 16.0. The molecule has 0 spiro atoms. The number of rotatable bonds is 5. The minimum Gasteiger partial charge on any atom is -0.352 e. The zero-order valence-corrected chi connectivity index (χ0v) is 16.0.